The number of rotatable bonds is 3. The number of pyridine rings is 1. The second-order valence-corrected chi connectivity index (χ2v) is 7.73. The number of hydrogen-bond acceptors (Lipinski definition) is 5. The van der Waals surface area contributed by atoms with Crippen molar-refractivity contribution < 1.29 is 40.7 Å². The topological polar surface area (TPSA) is 103 Å². The maximum absolute atomic E-state index is 14.4. The van der Waals surface area contributed by atoms with Crippen molar-refractivity contribution >= 4 is 33.6 Å². The van der Waals surface area contributed by atoms with Gasteiger partial charge in [-0.1, -0.05) is 0 Å². The molecule has 0 saturated heterocycles. The Morgan fingerprint density at radius 2 is 1.53 bits per heavy atom. The van der Waals surface area contributed by atoms with Crippen LogP contribution in [0.2, 0.25) is 0 Å². The number of carbonyl (C=O) groups is 2. The summed E-state index contributed by atoms with van der Waals surface area (Å²) in [6.45, 7) is 0. The molecular formula is C20H8BrF6N3O4. The van der Waals surface area contributed by atoms with Crippen molar-refractivity contribution in [1.82, 2.24) is 9.88 Å². The van der Waals surface area contributed by atoms with Gasteiger partial charge in [-0.3, -0.25) is 24.3 Å². The zero-order valence-electron chi connectivity index (χ0n) is 16.2. The molecule has 1 aromatic heterocycles. The molecule has 176 valence electrons. The minimum atomic E-state index is -5.05. The van der Waals surface area contributed by atoms with Crippen LogP contribution < -0.4 is 21.3 Å². The lowest BCUT2D eigenvalue weighted by Crippen LogP contribution is -2.24. The van der Waals surface area contributed by atoms with E-state index in [4.69, 9.17) is 10.5 Å². The highest BCUT2D eigenvalue weighted by Crippen LogP contribution is 2.41. The van der Waals surface area contributed by atoms with Crippen LogP contribution >= 0.6 is 15.9 Å². The van der Waals surface area contributed by atoms with Crippen molar-refractivity contribution in [1.29, 1.82) is 0 Å². The normalized spacial score (nSPS) is 13.1. The van der Waals surface area contributed by atoms with Crippen LogP contribution in [0.1, 0.15) is 26.3 Å². The lowest BCUT2D eigenvalue weighted by Gasteiger charge is -2.18. The quantitative estimate of drug-likeness (QED) is 0.376. The monoisotopic (exact) mass is 547 g/mol. The summed E-state index contributed by atoms with van der Waals surface area (Å²) >= 11 is 2.90. The Kier molecular flexibility index (Phi) is 5.43. The Balaban J connectivity index is 1.94. The smallest absolute Gasteiger partial charge is 0.416 e. The van der Waals surface area contributed by atoms with Crippen molar-refractivity contribution in [3.63, 3.8) is 0 Å². The van der Waals surface area contributed by atoms with Crippen LogP contribution in [-0.2, 0) is 6.18 Å². The van der Waals surface area contributed by atoms with Gasteiger partial charge in [-0.2, -0.15) is 13.2 Å². The van der Waals surface area contributed by atoms with Crippen molar-refractivity contribution in [2.75, 3.05) is 5.73 Å². The van der Waals surface area contributed by atoms with Gasteiger partial charge in [0.2, 0.25) is 0 Å². The largest absolute Gasteiger partial charge is 0.448 e. The lowest BCUT2D eigenvalue weighted by molar-refractivity contribution is -0.138. The summed E-state index contributed by atoms with van der Waals surface area (Å²) in [5.74, 6) is -8.87. The first kappa shape index (κ1) is 23.4. The number of nitrogens with zero attached hydrogens (tertiary/aromatic N) is 1. The third-order valence-electron chi connectivity index (χ3n) is 4.71. The van der Waals surface area contributed by atoms with Gasteiger partial charge in [0.1, 0.15) is 11.6 Å². The van der Waals surface area contributed by atoms with Crippen molar-refractivity contribution in [3.05, 3.63) is 79.3 Å². The number of nitrogen functional groups attached to an aromatic ring is 1. The number of benzene rings is 2. The van der Waals surface area contributed by atoms with Crippen LogP contribution in [0.25, 0.3) is 5.69 Å². The van der Waals surface area contributed by atoms with Gasteiger partial charge in [-0.15, -0.1) is 0 Å². The van der Waals surface area contributed by atoms with Gasteiger partial charge in [-0.05, 0) is 34.1 Å². The molecule has 0 saturated carbocycles. The third kappa shape index (κ3) is 3.79. The number of fused-ring (bicyclic) bond motifs is 1. The summed E-state index contributed by atoms with van der Waals surface area (Å²) in [7, 11) is 0. The number of nitrogens with two attached hydrogens (primary N) is 1. The first-order valence-electron chi connectivity index (χ1n) is 8.94. The fourth-order valence-electron chi connectivity index (χ4n) is 3.26. The number of anilines is 1. The van der Waals surface area contributed by atoms with Crippen LogP contribution in [-0.4, -0.2) is 16.4 Å². The molecule has 2 amide bonds. The van der Waals surface area contributed by atoms with E-state index in [9.17, 15) is 40.7 Å². The highest BCUT2D eigenvalue weighted by atomic mass is 79.9. The maximum Gasteiger partial charge on any atom is 0.416 e. The Morgan fingerprint density at radius 3 is 2.12 bits per heavy atom. The SMILES string of the molecule is Nc1c2c(cc(=O)n1-c1cc(F)cc(Br)c1Oc1c(F)cc(C(F)(F)F)cc1F)C(=O)NC2=O. The minimum absolute atomic E-state index is 0.0125. The molecule has 3 aromatic rings. The summed E-state index contributed by atoms with van der Waals surface area (Å²) < 4.78 is 86.8. The van der Waals surface area contributed by atoms with E-state index >= 15 is 0 Å². The summed E-state index contributed by atoms with van der Waals surface area (Å²) in [4.78, 5) is 36.6. The third-order valence-corrected chi connectivity index (χ3v) is 5.30. The second kappa shape index (κ2) is 7.90. The van der Waals surface area contributed by atoms with Crippen LogP contribution in [0.5, 0.6) is 11.5 Å². The second-order valence-electron chi connectivity index (χ2n) is 6.88. The van der Waals surface area contributed by atoms with Gasteiger partial charge in [0.05, 0.1) is 26.9 Å². The molecule has 0 unspecified atom stereocenters. The van der Waals surface area contributed by atoms with E-state index in [1.54, 1.807) is 0 Å². The molecule has 0 aliphatic carbocycles. The fourth-order valence-corrected chi connectivity index (χ4v) is 3.77. The average molecular weight is 548 g/mol. The summed E-state index contributed by atoms with van der Waals surface area (Å²) in [6.07, 6.45) is -5.05. The van der Waals surface area contributed by atoms with Crippen LogP contribution in [0.15, 0.2) is 39.6 Å². The zero-order valence-corrected chi connectivity index (χ0v) is 17.8. The van der Waals surface area contributed by atoms with E-state index in [-0.39, 0.29) is 22.2 Å². The molecule has 34 heavy (non-hydrogen) atoms. The van der Waals surface area contributed by atoms with Crippen LogP contribution in [0.3, 0.4) is 0 Å². The molecule has 0 radical (unpaired) electrons. The van der Waals surface area contributed by atoms with Gasteiger partial charge >= 0.3 is 6.18 Å². The Bertz CT molecular complexity index is 1450. The molecule has 0 bridgehead atoms. The molecule has 7 nitrogen and oxygen atoms in total. The number of carbonyl (C=O) groups excluding carboxylic acids is 2. The molecule has 0 spiro atoms. The van der Waals surface area contributed by atoms with Gasteiger partial charge in [0.15, 0.2) is 23.1 Å². The molecule has 1 aliphatic heterocycles. The minimum Gasteiger partial charge on any atom is -0.448 e. The average Bonchev–Trinajstić information content (AvgIpc) is 2.98. The molecule has 4 rings (SSSR count). The highest BCUT2D eigenvalue weighted by Gasteiger charge is 2.35. The van der Waals surface area contributed by atoms with Gasteiger partial charge in [-0.25, -0.2) is 13.2 Å². The number of nitrogens with one attached hydrogen (secondary N) is 1. The standard InChI is InChI=1S/C20H8BrF6N3O4/c21-9-3-7(22)4-12(30-13(31)5-8-14(17(30)28)19(33)29-18(8)32)15(9)34-16-10(23)1-6(2-11(16)24)20(25,26)27/h1-5H,28H2,(H,29,32,33). The molecular weight excluding hydrogens is 540 g/mol. The summed E-state index contributed by atoms with van der Waals surface area (Å²) in [5, 5.41) is 1.92. The summed E-state index contributed by atoms with van der Waals surface area (Å²) in [5.41, 5.74) is 1.90. The van der Waals surface area contributed by atoms with Gasteiger partial charge in [0.25, 0.3) is 17.4 Å². The zero-order chi connectivity index (χ0) is 25.1. The molecule has 0 atom stereocenters. The maximum atomic E-state index is 14.4. The first-order chi connectivity index (χ1) is 15.8. The molecule has 2 heterocycles. The van der Waals surface area contributed by atoms with Gasteiger partial charge < -0.3 is 10.5 Å². The Morgan fingerprint density at radius 1 is 0.912 bits per heavy atom. The van der Waals surface area contributed by atoms with Crippen molar-refractivity contribution in [3.8, 4) is 17.2 Å². The van der Waals surface area contributed by atoms with Crippen LogP contribution in [0.4, 0.5) is 32.2 Å². The molecule has 2 aromatic carbocycles. The van der Waals surface area contributed by atoms with E-state index in [1.165, 1.54) is 0 Å². The van der Waals surface area contributed by atoms with Crippen molar-refractivity contribution in [2.24, 2.45) is 0 Å². The molecule has 3 N–H and O–H groups in total. The number of amides is 2. The van der Waals surface area contributed by atoms with Crippen molar-refractivity contribution in [2.45, 2.75) is 6.18 Å². The predicted molar refractivity (Wildman–Crippen MR) is 107 cm³/mol. The van der Waals surface area contributed by atoms with Gasteiger partial charge in [0, 0.05) is 12.1 Å². The summed E-state index contributed by atoms with van der Waals surface area (Å²) in [6, 6.07) is 2.15. The van der Waals surface area contributed by atoms with E-state index in [1.807, 2.05) is 5.32 Å². The molecule has 1 aliphatic rings. The fraction of sp³-hybridized carbons (Fsp3) is 0.0500. The number of imide groups is 1. The lowest BCUT2D eigenvalue weighted by atomic mass is 10.1. The first-order valence-corrected chi connectivity index (χ1v) is 9.73. The van der Waals surface area contributed by atoms with E-state index in [2.05, 4.69) is 15.9 Å². The number of hydrogen-bond donors (Lipinski definition) is 2. The Labute approximate surface area is 192 Å². The van der Waals surface area contributed by atoms with E-state index < -0.39 is 75.1 Å². The number of ether oxygens (including phenoxy) is 1. The Hall–Kier alpha value is -3.81. The number of aromatic nitrogens is 1. The molecule has 14 heteroatoms. The van der Waals surface area contributed by atoms with E-state index in [0.29, 0.717) is 10.6 Å². The number of alkyl halides is 3. The number of halogens is 7. The molecule has 0 fully saturated rings. The van der Waals surface area contributed by atoms with E-state index in [0.717, 1.165) is 12.1 Å². The highest BCUT2D eigenvalue weighted by molar-refractivity contribution is 9.10. The predicted octanol–water partition coefficient (Wildman–Crippen LogP) is 4.29. The van der Waals surface area contributed by atoms with Crippen LogP contribution in [0, 0.1) is 17.5 Å².